The predicted molar refractivity (Wildman–Crippen MR) is 55.7 cm³/mol. The normalized spacial score (nSPS) is 10.2. The first-order chi connectivity index (χ1) is 5.77. The van der Waals surface area contributed by atoms with E-state index in [9.17, 15) is 0 Å². The highest BCUT2D eigenvalue weighted by atomic mass is 32.2. The molecule has 12 heavy (non-hydrogen) atoms. The van der Waals surface area contributed by atoms with Crippen LogP contribution in [0.1, 0.15) is 11.1 Å². The molecule has 1 aromatic rings. The Labute approximate surface area is 78.4 Å². The van der Waals surface area contributed by atoms with Gasteiger partial charge in [0.05, 0.1) is 0 Å². The molecule has 0 bridgehead atoms. The highest BCUT2D eigenvalue weighted by Crippen LogP contribution is 2.21. The van der Waals surface area contributed by atoms with Crippen molar-refractivity contribution < 1.29 is 0 Å². The van der Waals surface area contributed by atoms with E-state index in [0.29, 0.717) is 0 Å². The fraction of sp³-hybridized carbons (Fsp3) is 0.400. The van der Waals surface area contributed by atoms with Gasteiger partial charge in [-0.1, -0.05) is 17.7 Å². The lowest BCUT2D eigenvalue weighted by molar-refractivity contribution is 0.943. The van der Waals surface area contributed by atoms with Crippen LogP contribution >= 0.6 is 11.8 Å². The van der Waals surface area contributed by atoms with Crippen LogP contribution in [-0.4, -0.2) is 12.8 Å². The molecule has 0 spiro atoms. The van der Waals surface area contributed by atoms with Crippen molar-refractivity contribution in [3.63, 3.8) is 0 Å². The summed E-state index contributed by atoms with van der Waals surface area (Å²) in [6.07, 6.45) is 3.09. The molecule has 0 aromatic heterocycles. The maximum atomic E-state index is 5.51. The van der Waals surface area contributed by atoms with Crippen LogP contribution in [0.25, 0.3) is 0 Å². The number of aryl methyl sites for hydroxylation is 1. The molecule has 0 heterocycles. The Bertz CT molecular complexity index is 258. The SMILES string of the molecule is CSc1cc(C)ccc1CCN. The zero-order chi connectivity index (χ0) is 8.97. The van der Waals surface area contributed by atoms with Crippen LogP contribution in [0.15, 0.2) is 23.1 Å². The standard InChI is InChI=1S/C10H15NS/c1-8-3-4-9(5-6-11)10(7-8)12-2/h3-4,7H,5-6,11H2,1-2H3. The van der Waals surface area contributed by atoms with Gasteiger partial charge in [0.2, 0.25) is 0 Å². The van der Waals surface area contributed by atoms with Crippen molar-refractivity contribution in [3.05, 3.63) is 29.3 Å². The van der Waals surface area contributed by atoms with Crippen LogP contribution in [0.5, 0.6) is 0 Å². The average Bonchev–Trinajstić information content (AvgIpc) is 2.08. The summed E-state index contributed by atoms with van der Waals surface area (Å²) in [5.74, 6) is 0. The zero-order valence-electron chi connectivity index (χ0n) is 7.63. The number of rotatable bonds is 3. The van der Waals surface area contributed by atoms with Crippen molar-refractivity contribution >= 4 is 11.8 Å². The molecular weight excluding hydrogens is 166 g/mol. The molecule has 0 fully saturated rings. The van der Waals surface area contributed by atoms with Gasteiger partial charge in [-0.2, -0.15) is 0 Å². The minimum atomic E-state index is 0.733. The molecule has 0 saturated heterocycles. The highest BCUT2D eigenvalue weighted by Gasteiger charge is 1.99. The van der Waals surface area contributed by atoms with Gasteiger partial charge in [0.1, 0.15) is 0 Å². The van der Waals surface area contributed by atoms with E-state index in [0.717, 1.165) is 13.0 Å². The van der Waals surface area contributed by atoms with Crippen molar-refractivity contribution in [2.24, 2.45) is 5.73 Å². The van der Waals surface area contributed by atoms with Crippen LogP contribution in [0, 0.1) is 6.92 Å². The topological polar surface area (TPSA) is 26.0 Å². The smallest absolute Gasteiger partial charge is 0.0104 e. The Morgan fingerprint density at radius 3 is 2.75 bits per heavy atom. The minimum Gasteiger partial charge on any atom is -0.330 e. The van der Waals surface area contributed by atoms with Crippen LogP contribution < -0.4 is 5.73 Å². The van der Waals surface area contributed by atoms with Gasteiger partial charge in [-0.3, -0.25) is 0 Å². The van der Waals surface area contributed by atoms with Gasteiger partial charge in [0.25, 0.3) is 0 Å². The second-order valence-electron chi connectivity index (χ2n) is 2.85. The second-order valence-corrected chi connectivity index (χ2v) is 3.70. The summed E-state index contributed by atoms with van der Waals surface area (Å²) in [5, 5.41) is 0. The van der Waals surface area contributed by atoms with Gasteiger partial charge in [-0.25, -0.2) is 0 Å². The highest BCUT2D eigenvalue weighted by molar-refractivity contribution is 7.98. The molecule has 0 saturated carbocycles. The molecule has 2 N–H and O–H groups in total. The average molecular weight is 181 g/mol. The molecule has 2 heteroatoms. The molecular formula is C10H15NS. The van der Waals surface area contributed by atoms with E-state index in [2.05, 4.69) is 31.4 Å². The fourth-order valence-electron chi connectivity index (χ4n) is 1.21. The maximum absolute atomic E-state index is 5.51. The molecule has 0 aliphatic rings. The minimum absolute atomic E-state index is 0.733. The first-order valence-corrected chi connectivity index (χ1v) is 5.34. The van der Waals surface area contributed by atoms with Gasteiger partial charge in [-0.05, 0) is 37.8 Å². The third-order valence-electron chi connectivity index (χ3n) is 1.86. The molecule has 1 nitrogen and oxygen atoms in total. The van der Waals surface area contributed by atoms with Crippen molar-refractivity contribution in [2.75, 3.05) is 12.8 Å². The first-order valence-electron chi connectivity index (χ1n) is 4.11. The van der Waals surface area contributed by atoms with Crippen molar-refractivity contribution in [1.29, 1.82) is 0 Å². The molecule has 0 unspecified atom stereocenters. The monoisotopic (exact) mass is 181 g/mol. The van der Waals surface area contributed by atoms with Gasteiger partial charge in [0.15, 0.2) is 0 Å². The summed E-state index contributed by atoms with van der Waals surface area (Å²) in [6, 6.07) is 6.54. The number of hydrogen-bond donors (Lipinski definition) is 1. The largest absolute Gasteiger partial charge is 0.330 e. The Morgan fingerprint density at radius 2 is 2.17 bits per heavy atom. The lowest BCUT2D eigenvalue weighted by Gasteiger charge is -2.06. The zero-order valence-corrected chi connectivity index (χ0v) is 8.45. The molecule has 1 aromatic carbocycles. The summed E-state index contributed by atoms with van der Waals surface area (Å²) in [7, 11) is 0. The molecule has 0 atom stereocenters. The third-order valence-corrected chi connectivity index (χ3v) is 2.68. The summed E-state index contributed by atoms with van der Waals surface area (Å²) in [6.45, 7) is 2.85. The van der Waals surface area contributed by atoms with Crippen LogP contribution in [0.3, 0.4) is 0 Å². The van der Waals surface area contributed by atoms with Crippen LogP contribution in [0.2, 0.25) is 0 Å². The van der Waals surface area contributed by atoms with E-state index in [1.54, 1.807) is 11.8 Å². The molecule has 0 aliphatic heterocycles. The van der Waals surface area contributed by atoms with Crippen molar-refractivity contribution in [3.8, 4) is 0 Å². The quantitative estimate of drug-likeness (QED) is 0.724. The Hall–Kier alpha value is -0.470. The summed E-state index contributed by atoms with van der Waals surface area (Å²) in [4.78, 5) is 1.36. The summed E-state index contributed by atoms with van der Waals surface area (Å²) in [5.41, 5.74) is 8.20. The lowest BCUT2D eigenvalue weighted by atomic mass is 10.1. The van der Waals surface area contributed by atoms with E-state index in [1.165, 1.54) is 16.0 Å². The number of benzene rings is 1. The molecule has 66 valence electrons. The Kier molecular flexibility index (Phi) is 3.63. The summed E-state index contributed by atoms with van der Waals surface area (Å²) >= 11 is 1.79. The van der Waals surface area contributed by atoms with E-state index in [4.69, 9.17) is 5.73 Å². The van der Waals surface area contributed by atoms with Crippen LogP contribution in [0.4, 0.5) is 0 Å². The van der Waals surface area contributed by atoms with E-state index in [-0.39, 0.29) is 0 Å². The predicted octanol–water partition coefficient (Wildman–Crippen LogP) is 2.22. The number of thioether (sulfide) groups is 1. The van der Waals surface area contributed by atoms with E-state index >= 15 is 0 Å². The fourth-order valence-corrected chi connectivity index (χ4v) is 1.95. The number of hydrogen-bond acceptors (Lipinski definition) is 2. The third kappa shape index (κ3) is 2.26. The van der Waals surface area contributed by atoms with Crippen LogP contribution in [-0.2, 0) is 6.42 Å². The van der Waals surface area contributed by atoms with Gasteiger partial charge < -0.3 is 5.73 Å². The molecule has 0 radical (unpaired) electrons. The van der Waals surface area contributed by atoms with Gasteiger partial charge in [0, 0.05) is 4.90 Å². The Morgan fingerprint density at radius 1 is 1.42 bits per heavy atom. The van der Waals surface area contributed by atoms with E-state index in [1.807, 2.05) is 0 Å². The molecule has 0 aliphatic carbocycles. The van der Waals surface area contributed by atoms with Gasteiger partial charge >= 0.3 is 0 Å². The van der Waals surface area contributed by atoms with Crippen molar-refractivity contribution in [1.82, 2.24) is 0 Å². The Balaban J connectivity index is 2.94. The lowest BCUT2D eigenvalue weighted by Crippen LogP contribution is -2.03. The molecule has 1 rings (SSSR count). The maximum Gasteiger partial charge on any atom is 0.0104 e. The van der Waals surface area contributed by atoms with E-state index < -0.39 is 0 Å². The molecule has 0 amide bonds. The van der Waals surface area contributed by atoms with Crippen molar-refractivity contribution in [2.45, 2.75) is 18.2 Å². The summed E-state index contributed by atoms with van der Waals surface area (Å²) < 4.78 is 0. The van der Waals surface area contributed by atoms with Gasteiger partial charge in [-0.15, -0.1) is 11.8 Å². The first kappa shape index (κ1) is 9.62. The number of nitrogens with two attached hydrogens (primary N) is 1. The second kappa shape index (κ2) is 4.53.